The van der Waals surface area contributed by atoms with Gasteiger partial charge in [0.1, 0.15) is 0 Å². The second-order valence-electron chi connectivity index (χ2n) is 5.93. The number of anilines is 1. The van der Waals surface area contributed by atoms with Crippen molar-refractivity contribution in [1.82, 2.24) is 0 Å². The van der Waals surface area contributed by atoms with E-state index in [1.807, 2.05) is 12.1 Å². The molecule has 1 aliphatic rings. The second-order valence-corrected chi connectivity index (χ2v) is 7.07. The lowest BCUT2D eigenvalue weighted by Gasteiger charge is -2.16. The summed E-state index contributed by atoms with van der Waals surface area (Å²) in [6.07, 6.45) is 3.38. The molecule has 5 heteroatoms. The van der Waals surface area contributed by atoms with E-state index in [9.17, 15) is 4.79 Å². The summed E-state index contributed by atoms with van der Waals surface area (Å²) >= 11 is 1.61. The molecule has 1 heterocycles. The zero-order valence-corrected chi connectivity index (χ0v) is 14.5. The molecule has 4 nitrogen and oxygen atoms in total. The van der Waals surface area contributed by atoms with E-state index in [1.54, 1.807) is 37.7 Å². The molecule has 0 unspecified atom stereocenters. The van der Waals surface area contributed by atoms with Crippen molar-refractivity contribution in [3.63, 3.8) is 0 Å². The number of ether oxygens (including phenoxy) is 2. The van der Waals surface area contributed by atoms with Crippen LogP contribution in [0.4, 0.5) is 5.69 Å². The van der Waals surface area contributed by atoms with Crippen LogP contribution < -0.4 is 14.8 Å². The number of carbonyl (C=O) groups is 1. The van der Waals surface area contributed by atoms with Gasteiger partial charge in [-0.25, -0.2) is 0 Å². The molecular formula is C18H21NO3S. The first-order chi connectivity index (χ1) is 11.1. The number of thiophene rings is 1. The molecule has 1 atom stereocenters. The molecule has 0 spiro atoms. The van der Waals surface area contributed by atoms with Gasteiger partial charge < -0.3 is 14.8 Å². The SMILES string of the molecule is COc1ccc(NC(=O)c2cc3c(s2)CC[C@H](C)C3)cc1OC. The first kappa shape index (κ1) is 15.9. The van der Waals surface area contributed by atoms with E-state index in [0.29, 0.717) is 23.1 Å². The van der Waals surface area contributed by atoms with Gasteiger partial charge >= 0.3 is 0 Å². The minimum atomic E-state index is -0.0655. The van der Waals surface area contributed by atoms with Gasteiger partial charge in [0, 0.05) is 16.6 Å². The van der Waals surface area contributed by atoms with Crippen LogP contribution in [0.1, 0.15) is 33.5 Å². The fourth-order valence-electron chi connectivity index (χ4n) is 2.92. The summed E-state index contributed by atoms with van der Waals surface area (Å²) in [5, 5.41) is 2.94. The Morgan fingerprint density at radius 1 is 1.22 bits per heavy atom. The van der Waals surface area contributed by atoms with E-state index in [2.05, 4.69) is 12.2 Å². The number of hydrogen-bond acceptors (Lipinski definition) is 4. The molecule has 0 saturated carbocycles. The molecule has 2 aromatic rings. The zero-order chi connectivity index (χ0) is 16.4. The van der Waals surface area contributed by atoms with Gasteiger partial charge in [-0.1, -0.05) is 6.92 Å². The number of nitrogens with one attached hydrogen (secondary N) is 1. The molecule has 1 aromatic heterocycles. The molecule has 1 N–H and O–H groups in total. The molecule has 23 heavy (non-hydrogen) atoms. The van der Waals surface area contributed by atoms with Crippen molar-refractivity contribution >= 4 is 22.9 Å². The number of rotatable bonds is 4. The third kappa shape index (κ3) is 3.34. The van der Waals surface area contributed by atoms with E-state index in [1.165, 1.54) is 16.9 Å². The fourth-order valence-corrected chi connectivity index (χ4v) is 4.03. The molecule has 0 aliphatic heterocycles. The lowest BCUT2D eigenvalue weighted by atomic mass is 9.90. The molecule has 0 bridgehead atoms. The number of carbonyl (C=O) groups excluding carboxylic acids is 1. The van der Waals surface area contributed by atoms with Crippen molar-refractivity contribution in [2.45, 2.75) is 26.2 Å². The molecule has 0 radical (unpaired) electrons. The monoisotopic (exact) mass is 331 g/mol. The molecule has 1 aromatic carbocycles. The molecule has 1 amide bonds. The lowest BCUT2D eigenvalue weighted by molar-refractivity contribution is 0.103. The molecule has 3 rings (SSSR count). The standard InChI is InChI=1S/C18H21NO3S/c1-11-4-7-16-12(8-11)9-17(23-16)18(20)19-13-5-6-14(21-2)15(10-13)22-3/h5-6,9-11H,4,7-8H2,1-3H3,(H,19,20)/t11-/m0/s1. The minimum absolute atomic E-state index is 0.0655. The first-order valence-corrected chi connectivity index (χ1v) is 8.57. The molecular weight excluding hydrogens is 310 g/mol. The van der Waals surface area contributed by atoms with E-state index in [-0.39, 0.29) is 5.91 Å². The zero-order valence-electron chi connectivity index (χ0n) is 13.6. The molecule has 1 aliphatic carbocycles. The summed E-state index contributed by atoms with van der Waals surface area (Å²) < 4.78 is 10.5. The summed E-state index contributed by atoms with van der Waals surface area (Å²) in [5.41, 5.74) is 2.04. The number of amides is 1. The number of aryl methyl sites for hydroxylation is 1. The predicted molar refractivity (Wildman–Crippen MR) is 93.0 cm³/mol. The average molecular weight is 331 g/mol. The second kappa shape index (κ2) is 6.62. The first-order valence-electron chi connectivity index (χ1n) is 7.75. The summed E-state index contributed by atoms with van der Waals surface area (Å²) in [5.74, 6) is 1.89. The largest absolute Gasteiger partial charge is 0.493 e. The van der Waals surface area contributed by atoms with Crippen molar-refractivity contribution in [2.24, 2.45) is 5.92 Å². The predicted octanol–water partition coefficient (Wildman–Crippen LogP) is 4.14. The third-order valence-corrected chi connectivity index (χ3v) is 5.43. The van der Waals surface area contributed by atoms with Gasteiger partial charge in [0.25, 0.3) is 5.91 Å². The highest BCUT2D eigenvalue weighted by atomic mass is 32.1. The van der Waals surface area contributed by atoms with Crippen molar-refractivity contribution in [3.8, 4) is 11.5 Å². The minimum Gasteiger partial charge on any atom is -0.493 e. The van der Waals surface area contributed by atoms with Gasteiger partial charge in [0.15, 0.2) is 11.5 Å². The van der Waals surface area contributed by atoms with Gasteiger partial charge in [0.2, 0.25) is 0 Å². The van der Waals surface area contributed by atoms with E-state index in [0.717, 1.165) is 17.7 Å². The van der Waals surface area contributed by atoms with E-state index < -0.39 is 0 Å². The summed E-state index contributed by atoms with van der Waals surface area (Å²) in [6.45, 7) is 2.27. The maximum Gasteiger partial charge on any atom is 0.265 e. The van der Waals surface area contributed by atoms with Gasteiger partial charge in [0.05, 0.1) is 19.1 Å². The highest BCUT2D eigenvalue weighted by molar-refractivity contribution is 7.14. The Kier molecular flexibility index (Phi) is 4.57. The van der Waals surface area contributed by atoms with E-state index >= 15 is 0 Å². The highest BCUT2D eigenvalue weighted by Gasteiger charge is 2.20. The summed E-state index contributed by atoms with van der Waals surface area (Å²) in [4.78, 5) is 14.6. The van der Waals surface area contributed by atoms with Crippen molar-refractivity contribution in [2.75, 3.05) is 19.5 Å². The average Bonchev–Trinajstić information content (AvgIpc) is 2.97. The van der Waals surface area contributed by atoms with Crippen LogP contribution in [-0.4, -0.2) is 20.1 Å². The fraction of sp³-hybridized carbons (Fsp3) is 0.389. The van der Waals surface area contributed by atoms with Crippen molar-refractivity contribution < 1.29 is 14.3 Å². The topological polar surface area (TPSA) is 47.6 Å². The molecule has 0 saturated heterocycles. The normalized spacial score (nSPS) is 16.6. The molecule has 0 fully saturated rings. The van der Waals surface area contributed by atoms with Crippen LogP contribution in [0.3, 0.4) is 0 Å². The van der Waals surface area contributed by atoms with Crippen LogP contribution >= 0.6 is 11.3 Å². The Morgan fingerprint density at radius 3 is 2.74 bits per heavy atom. The maximum absolute atomic E-state index is 12.5. The smallest absolute Gasteiger partial charge is 0.265 e. The Balaban J connectivity index is 1.77. The lowest BCUT2D eigenvalue weighted by Crippen LogP contribution is -2.10. The maximum atomic E-state index is 12.5. The van der Waals surface area contributed by atoms with Crippen molar-refractivity contribution in [3.05, 3.63) is 39.6 Å². The van der Waals surface area contributed by atoms with Gasteiger partial charge in [-0.3, -0.25) is 4.79 Å². The van der Waals surface area contributed by atoms with E-state index in [4.69, 9.17) is 9.47 Å². The quantitative estimate of drug-likeness (QED) is 0.916. The third-order valence-electron chi connectivity index (χ3n) is 4.19. The number of fused-ring (bicyclic) bond motifs is 1. The summed E-state index contributed by atoms with van der Waals surface area (Å²) in [7, 11) is 3.17. The van der Waals surface area contributed by atoms with Gasteiger partial charge in [-0.05, 0) is 48.9 Å². The van der Waals surface area contributed by atoms with Crippen LogP contribution in [0.5, 0.6) is 11.5 Å². The number of benzene rings is 1. The Bertz CT molecular complexity index is 723. The van der Waals surface area contributed by atoms with Gasteiger partial charge in [-0.15, -0.1) is 11.3 Å². The molecule has 122 valence electrons. The van der Waals surface area contributed by atoms with Crippen LogP contribution in [0.25, 0.3) is 0 Å². The van der Waals surface area contributed by atoms with Crippen LogP contribution in [0.15, 0.2) is 24.3 Å². The Labute approximate surface area is 140 Å². The van der Waals surface area contributed by atoms with Crippen LogP contribution in [0.2, 0.25) is 0 Å². The van der Waals surface area contributed by atoms with Crippen molar-refractivity contribution in [1.29, 1.82) is 0 Å². The van der Waals surface area contributed by atoms with Crippen LogP contribution in [-0.2, 0) is 12.8 Å². The summed E-state index contributed by atoms with van der Waals surface area (Å²) in [6, 6.07) is 7.42. The Hall–Kier alpha value is -2.01. The number of hydrogen-bond donors (Lipinski definition) is 1. The highest BCUT2D eigenvalue weighted by Crippen LogP contribution is 2.33. The van der Waals surface area contributed by atoms with Gasteiger partial charge in [-0.2, -0.15) is 0 Å². The Morgan fingerprint density at radius 2 is 2.00 bits per heavy atom. The number of methoxy groups -OCH3 is 2. The van der Waals surface area contributed by atoms with Crippen LogP contribution in [0, 0.1) is 5.92 Å².